The average molecular weight is 341 g/mol. The molecule has 1 fully saturated rings. The molecule has 0 aromatic rings. The van der Waals surface area contributed by atoms with Crippen LogP contribution in [0.4, 0.5) is 0 Å². The Hall–Kier alpha value is -0.570. The highest BCUT2D eigenvalue weighted by molar-refractivity contribution is 5.69. The van der Waals surface area contributed by atoms with Gasteiger partial charge in [-0.25, -0.2) is 0 Å². The van der Waals surface area contributed by atoms with Gasteiger partial charge in [0.1, 0.15) is 6.61 Å². The third-order valence-electron chi connectivity index (χ3n) is 5.78. The highest BCUT2D eigenvalue weighted by Crippen LogP contribution is 2.30. The number of hydrogen-bond donors (Lipinski definition) is 0. The molecule has 24 heavy (non-hydrogen) atoms. The Morgan fingerprint density at radius 3 is 2.12 bits per heavy atom. The minimum atomic E-state index is -0.0555. The van der Waals surface area contributed by atoms with Gasteiger partial charge in [0.15, 0.2) is 0 Å². The molecule has 1 saturated heterocycles. The van der Waals surface area contributed by atoms with Crippen molar-refractivity contribution in [2.45, 2.75) is 98.0 Å². The SMILES string of the molecule is CCCCCCCCCCCC(=O)OCC1OCC(C)C(C)C1C. The van der Waals surface area contributed by atoms with Crippen molar-refractivity contribution in [2.75, 3.05) is 13.2 Å². The van der Waals surface area contributed by atoms with Crippen LogP contribution in [0.25, 0.3) is 0 Å². The van der Waals surface area contributed by atoms with Crippen LogP contribution in [-0.2, 0) is 14.3 Å². The highest BCUT2D eigenvalue weighted by atomic mass is 16.6. The van der Waals surface area contributed by atoms with Gasteiger partial charge in [-0.2, -0.15) is 0 Å². The number of rotatable bonds is 12. The fraction of sp³-hybridized carbons (Fsp3) is 0.952. The van der Waals surface area contributed by atoms with Gasteiger partial charge in [-0.1, -0.05) is 79.1 Å². The van der Waals surface area contributed by atoms with Crippen molar-refractivity contribution in [3.05, 3.63) is 0 Å². The Kier molecular flexibility index (Phi) is 11.4. The first-order chi connectivity index (χ1) is 11.6. The van der Waals surface area contributed by atoms with Gasteiger partial charge < -0.3 is 9.47 Å². The summed E-state index contributed by atoms with van der Waals surface area (Å²) in [6.45, 7) is 10.2. The van der Waals surface area contributed by atoms with E-state index in [1.807, 2.05) is 0 Å². The maximum atomic E-state index is 11.9. The Bertz CT molecular complexity index is 329. The predicted molar refractivity (Wildman–Crippen MR) is 100 cm³/mol. The molecule has 4 atom stereocenters. The van der Waals surface area contributed by atoms with Gasteiger partial charge in [0.05, 0.1) is 6.10 Å². The summed E-state index contributed by atoms with van der Waals surface area (Å²) >= 11 is 0. The fourth-order valence-corrected chi connectivity index (χ4v) is 3.46. The topological polar surface area (TPSA) is 35.5 Å². The van der Waals surface area contributed by atoms with Crippen LogP contribution >= 0.6 is 0 Å². The van der Waals surface area contributed by atoms with E-state index < -0.39 is 0 Å². The van der Waals surface area contributed by atoms with Crippen molar-refractivity contribution in [1.82, 2.24) is 0 Å². The Morgan fingerprint density at radius 2 is 1.50 bits per heavy atom. The van der Waals surface area contributed by atoms with Crippen molar-refractivity contribution in [1.29, 1.82) is 0 Å². The van der Waals surface area contributed by atoms with Crippen molar-refractivity contribution >= 4 is 5.97 Å². The maximum absolute atomic E-state index is 11.9. The Morgan fingerprint density at radius 1 is 0.917 bits per heavy atom. The van der Waals surface area contributed by atoms with Gasteiger partial charge in [-0.3, -0.25) is 4.79 Å². The molecule has 4 unspecified atom stereocenters. The largest absolute Gasteiger partial charge is 0.463 e. The van der Waals surface area contributed by atoms with E-state index in [4.69, 9.17) is 9.47 Å². The number of unbranched alkanes of at least 4 members (excludes halogenated alkanes) is 8. The molecular formula is C21H40O3. The zero-order chi connectivity index (χ0) is 17.8. The Balaban J connectivity index is 1.98. The summed E-state index contributed by atoms with van der Waals surface area (Å²) in [5.74, 6) is 1.61. The fourth-order valence-electron chi connectivity index (χ4n) is 3.46. The van der Waals surface area contributed by atoms with Crippen molar-refractivity contribution < 1.29 is 14.3 Å². The van der Waals surface area contributed by atoms with Crippen LogP contribution in [-0.4, -0.2) is 25.3 Å². The number of carbonyl (C=O) groups is 1. The van der Waals surface area contributed by atoms with E-state index in [1.165, 1.54) is 44.9 Å². The minimum absolute atomic E-state index is 0.0555. The smallest absolute Gasteiger partial charge is 0.305 e. The molecule has 0 aliphatic carbocycles. The van der Waals surface area contributed by atoms with Crippen LogP contribution in [0, 0.1) is 17.8 Å². The van der Waals surface area contributed by atoms with Crippen LogP contribution in [0.2, 0.25) is 0 Å². The molecule has 0 N–H and O–H groups in total. The van der Waals surface area contributed by atoms with Gasteiger partial charge in [-0.05, 0) is 24.2 Å². The first kappa shape index (κ1) is 21.5. The minimum Gasteiger partial charge on any atom is -0.463 e. The Labute approximate surface area is 149 Å². The van der Waals surface area contributed by atoms with E-state index in [-0.39, 0.29) is 12.1 Å². The van der Waals surface area contributed by atoms with E-state index in [9.17, 15) is 4.79 Å². The van der Waals surface area contributed by atoms with Gasteiger partial charge >= 0.3 is 5.97 Å². The standard InChI is InChI=1S/C21H40O3/c1-5-6-7-8-9-10-11-12-13-14-21(22)24-16-20-19(4)18(3)17(2)15-23-20/h17-20H,5-16H2,1-4H3. The number of carbonyl (C=O) groups excluding carboxylic acids is 1. The van der Waals surface area contributed by atoms with Crippen LogP contribution in [0.3, 0.4) is 0 Å². The molecule has 0 saturated carbocycles. The molecule has 0 aromatic carbocycles. The zero-order valence-corrected chi connectivity index (χ0v) is 16.5. The molecule has 0 bridgehead atoms. The van der Waals surface area contributed by atoms with E-state index in [1.54, 1.807) is 0 Å². The zero-order valence-electron chi connectivity index (χ0n) is 16.5. The molecule has 0 amide bonds. The lowest BCUT2D eigenvalue weighted by Crippen LogP contribution is -2.41. The molecule has 1 aliphatic rings. The molecule has 0 spiro atoms. The summed E-state index contributed by atoms with van der Waals surface area (Å²) < 4.78 is 11.3. The molecular weight excluding hydrogens is 300 g/mol. The molecule has 1 heterocycles. The lowest BCUT2D eigenvalue weighted by atomic mass is 9.80. The average Bonchev–Trinajstić information content (AvgIpc) is 2.57. The number of esters is 1. The van der Waals surface area contributed by atoms with Crippen LogP contribution in [0.15, 0.2) is 0 Å². The van der Waals surface area contributed by atoms with Gasteiger partial charge in [0.25, 0.3) is 0 Å². The van der Waals surface area contributed by atoms with Crippen molar-refractivity contribution in [3.8, 4) is 0 Å². The first-order valence-corrected chi connectivity index (χ1v) is 10.3. The summed E-state index contributed by atoms with van der Waals surface area (Å²) in [5.41, 5.74) is 0. The summed E-state index contributed by atoms with van der Waals surface area (Å²) in [5, 5.41) is 0. The summed E-state index contributed by atoms with van der Waals surface area (Å²) in [6.07, 6.45) is 12.1. The molecule has 142 valence electrons. The molecule has 0 radical (unpaired) electrons. The lowest BCUT2D eigenvalue weighted by Gasteiger charge is -2.38. The van der Waals surface area contributed by atoms with Gasteiger partial charge in [0, 0.05) is 13.0 Å². The summed E-state index contributed by atoms with van der Waals surface area (Å²) in [7, 11) is 0. The predicted octanol–water partition coefficient (Wildman–Crippen LogP) is 5.76. The first-order valence-electron chi connectivity index (χ1n) is 10.3. The third kappa shape index (κ3) is 8.50. The second-order valence-electron chi connectivity index (χ2n) is 7.83. The molecule has 1 aliphatic heterocycles. The second kappa shape index (κ2) is 12.7. The third-order valence-corrected chi connectivity index (χ3v) is 5.78. The van der Waals surface area contributed by atoms with E-state index >= 15 is 0 Å². The van der Waals surface area contributed by atoms with Gasteiger partial charge in [-0.15, -0.1) is 0 Å². The summed E-state index contributed by atoms with van der Waals surface area (Å²) in [4.78, 5) is 11.9. The second-order valence-corrected chi connectivity index (χ2v) is 7.83. The normalized spacial score (nSPS) is 27.2. The van der Waals surface area contributed by atoms with E-state index in [2.05, 4.69) is 27.7 Å². The quantitative estimate of drug-likeness (QED) is 0.335. The molecule has 1 rings (SSSR count). The summed E-state index contributed by atoms with van der Waals surface area (Å²) in [6, 6.07) is 0. The van der Waals surface area contributed by atoms with Crippen molar-refractivity contribution in [2.24, 2.45) is 17.8 Å². The van der Waals surface area contributed by atoms with E-state index in [0.29, 0.717) is 30.8 Å². The monoisotopic (exact) mass is 340 g/mol. The van der Waals surface area contributed by atoms with Crippen LogP contribution < -0.4 is 0 Å². The molecule has 0 aromatic heterocycles. The van der Waals surface area contributed by atoms with E-state index in [0.717, 1.165) is 19.4 Å². The number of hydrogen-bond acceptors (Lipinski definition) is 3. The molecule has 3 heteroatoms. The lowest BCUT2D eigenvalue weighted by molar-refractivity contribution is -0.155. The maximum Gasteiger partial charge on any atom is 0.305 e. The highest BCUT2D eigenvalue weighted by Gasteiger charge is 2.33. The van der Waals surface area contributed by atoms with Crippen molar-refractivity contribution in [3.63, 3.8) is 0 Å². The number of ether oxygens (including phenoxy) is 2. The van der Waals surface area contributed by atoms with Crippen LogP contribution in [0.5, 0.6) is 0 Å². The van der Waals surface area contributed by atoms with Crippen LogP contribution in [0.1, 0.15) is 91.9 Å². The van der Waals surface area contributed by atoms with Gasteiger partial charge in [0.2, 0.25) is 0 Å². The molecule has 3 nitrogen and oxygen atoms in total.